The molecule has 0 fully saturated rings. The van der Waals surface area contributed by atoms with E-state index in [0.29, 0.717) is 28.0 Å². The molecule has 3 aromatic rings. The number of hydrogen-bond acceptors (Lipinski definition) is 5. The Labute approximate surface area is 173 Å². The highest BCUT2D eigenvalue weighted by molar-refractivity contribution is 8.00. The molecule has 154 valence electrons. The lowest BCUT2D eigenvalue weighted by Gasteiger charge is -2.14. The Bertz CT molecular complexity index is 1110. The van der Waals surface area contributed by atoms with Gasteiger partial charge in [-0.15, -0.1) is 11.8 Å². The molecule has 3 rings (SSSR count). The van der Waals surface area contributed by atoms with Gasteiger partial charge in [-0.2, -0.15) is 0 Å². The summed E-state index contributed by atoms with van der Waals surface area (Å²) in [4.78, 5) is 26.2. The van der Waals surface area contributed by atoms with Crippen molar-refractivity contribution in [3.8, 4) is 11.5 Å². The fourth-order valence-electron chi connectivity index (χ4n) is 3.11. The third-order valence-electron chi connectivity index (χ3n) is 4.60. The first-order valence-corrected chi connectivity index (χ1v) is 10.0. The van der Waals surface area contributed by atoms with Gasteiger partial charge in [-0.3, -0.25) is 13.9 Å². The SMILES string of the molecule is COc1cc(OC)cc(C(=O)Nc2cc3c(cc2SC(C)C)n(C)c(=O)n3C)c1. The Morgan fingerprint density at radius 1 is 0.966 bits per heavy atom. The summed E-state index contributed by atoms with van der Waals surface area (Å²) < 4.78 is 13.7. The van der Waals surface area contributed by atoms with Gasteiger partial charge in [0.05, 0.1) is 30.9 Å². The van der Waals surface area contributed by atoms with E-state index in [9.17, 15) is 9.59 Å². The van der Waals surface area contributed by atoms with Crippen LogP contribution >= 0.6 is 11.8 Å². The van der Waals surface area contributed by atoms with Crippen molar-refractivity contribution < 1.29 is 14.3 Å². The summed E-state index contributed by atoms with van der Waals surface area (Å²) in [6.07, 6.45) is 0. The number of fused-ring (bicyclic) bond motifs is 1. The molecule has 1 aromatic heterocycles. The molecule has 0 saturated carbocycles. The Balaban J connectivity index is 2.07. The second-order valence-electron chi connectivity index (χ2n) is 6.96. The van der Waals surface area contributed by atoms with Gasteiger partial charge in [0.1, 0.15) is 11.5 Å². The lowest BCUT2D eigenvalue weighted by Crippen LogP contribution is -2.19. The highest BCUT2D eigenvalue weighted by atomic mass is 32.2. The van der Waals surface area contributed by atoms with Crippen molar-refractivity contribution in [3.05, 3.63) is 46.4 Å². The van der Waals surface area contributed by atoms with E-state index in [0.717, 1.165) is 15.9 Å². The number of aromatic nitrogens is 2. The Morgan fingerprint density at radius 2 is 1.52 bits per heavy atom. The van der Waals surface area contributed by atoms with Gasteiger partial charge in [0.25, 0.3) is 5.91 Å². The van der Waals surface area contributed by atoms with E-state index < -0.39 is 0 Å². The van der Waals surface area contributed by atoms with Crippen molar-refractivity contribution in [2.24, 2.45) is 14.1 Å². The number of carbonyl (C=O) groups is 1. The van der Waals surface area contributed by atoms with Crippen molar-refractivity contribution in [3.63, 3.8) is 0 Å². The number of imidazole rings is 1. The number of rotatable bonds is 6. The summed E-state index contributed by atoms with van der Waals surface area (Å²) >= 11 is 1.63. The monoisotopic (exact) mass is 415 g/mol. The number of nitrogens with zero attached hydrogens (tertiary/aromatic N) is 2. The van der Waals surface area contributed by atoms with Crippen LogP contribution in [0.4, 0.5) is 5.69 Å². The highest BCUT2D eigenvalue weighted by Gasteiger charge is 2.17. The van der Waals surface area contributed by atoms with E-state index in [1.807, 2.05) is 12.1 Å². The van der Waals surface area contributed by atoms with Crippen LogP contribution in [0, 0.1) is 0 Å². The topological polar surface area (TPSA) is 74.5 Å². The molecule has 0 aliphatic carbocycles. The minimum atomic E-state index is -0.284. The van der Waals surface area contributed by atoms with E-state index in [2.05, 4.69) is 19.2 Å². The number of ether oxygens (including phenoxy) is 2. The lowest BCUT2D eigenvalue weighted by molar-refractivity contribution is 0.102. The first-order valence-electron chi connectivity index (χ1n) is 9.15. The second kappa shape index (κ2) is 8.24. The number of methoxy groups -OCH3 is 2. The van der Waals surface area contributed by atoms with Crippen LogP contribution in [0.2, 0.25) is 0 Å². The average molecular weight is 416 g/mol. The number of benzene rings is 2. The fourth-order valence-corrected chi connectivity index (χ4v) is 4.03. The minimum Gasteiger partial charge on any atom is -0.497 e. The van der Waals surface area contributed by atoms with E-state index in [1.54, 1.807) is 53.2 Å². The third-order valence-corrected chi connectivity index (χ3v) is 5.66. The van der Waals surface area contributed by atoms with Crippen LogP contribution in [0.5, 0.6) is 11.5 Å². The van der Waals surface area contributed by atoms with Crippen LogP contribution in [0.25, 0.3) is 11.0 Å². The molecule has 7 nitrogen and oxygen atoms in total. The number of aryl methyl sites for hydroxylation is 2. The number of hydrogen-bond donors (Lipinski definition) is 1. The predicted molar refractivity (Wildman–Crippen MR) is 117 cm³/mol. The van der Waals surface area contributed by atoms with Gasteiger partial charge in [-0.1, -0.05) is 13.8 Å². The van der Waals surface area contributed by atoms with Gasteiger partial charge in [0, 0.05) is 35.9 Å². The van der Waals surface area contributed by atoms with Crippen LogP contribution in [0.3, 0.4) is 0 Å². The molecule has 29 heavy (non-hydrogen) atoms. The number of amides is 1. The second-order valence-corrected chi connectivity index (χ2v) is 8.58. The van der Waals surface area contributed by atoms with Gasteiger partial charge < -0.3 is 14.8 Å². The molecule has 0 unspecified atom stereocenters. The average Bonchev–Trinajstić information content (AvgIpc) is 2.91. The summed E-state index contributed by atoms with van der Waals surface area (Å²) in [6, 6.07) is 8.82. The summed E-state index contributed by atoms with van der Waals surface area (Å²) in [6.45, 7) is 4.16. The molecular formula is C21H25N3O4S. The standard InChI is InChI=1S/C21H25N3O4S/c1-12(2)29-19-11-18-17(23(3)21(26)24(18)4)10-16(19)22-20(25)13-7-14(27-5)9-15(8-13)28-6/h7-12H,1-6H3,(H,22,25). The third kappa shape index (κ3) is 4.12. The summed E-state index contributed by atoms with van der Waals surface area (Å²) in [7, 11) is 6.54. The predicted octanol–water partition coefficient (Wildman–Crippen LogP) is 3.65. The van der Waals surface area contributed by atoms with Crippen LogP contribution in [0.15, 0.2) is 40.0 Å². The molecule has 1 heterocycles. The maximum Gasteiger partial charge on any atom is 0.328 e. The van der Waals surface area contributed by atoms with Gasteiger partial charge >= 0.3 is 5.69 Å². The molecule has 2 aromatic carbocycles. The van der Waals surface area contributed by atoms with Crippen LogP contribution in [-0.2, 0) is 14.1 Å². The summed E-state index contributed by atoms with van der Waals surface area (Å²) in [5.41, 5.74) is 2.54. The van der Waals surface area contributed by atoms with E-state index >= 15 is 0 Å². The summed E-state index contributed by atoms with van der Waals surface area (Å²) in [5.74, 6) is 0.785. The molecule has 0 aliphatic heterocycles. The van der Waals surface area contributed by atoms with E-state index in [1.165, 1.54) is 14.2 Å². The van der Waals surface area contributed by atoms with Gasteiger partial charge in [-0.05, 0) is 24.3 Å². The zero-order valence-corrected chi connectivity index (χ0v) is 18.2. The largest absolute Gasteiger partial charge is 0.497 e. The number of thioether (sulfide) groups is 1. The molecular weight excluding hydrogens is 390 g/mol. The molecule has 8 heteroatoms. The molecule has 0 atom stereocenters. The molecule has 1 N–H and O–H groups in total. The fraction of sp³-hybridized carbons (Fsp3) is 0.333. The van der Waals surface area contributed by atoms with Crippen LogP contribution < -0.4 is 20.5 Å². The summed E-state index contributed by atoms with van der Waals surface area (Å²) in [5, 5.41) is 3.29. The Hall–Kier alpha value is -2.87. The normalized spacial score (nSPS) is 11.1. The van der Waals surface area contributed by atoms with E-state index in [4.69, 9.17) is 9.47 Å². The first kappa shape index (κ1) is 20.9. The quantitative estimate of drug-likeness (QED) is 0.622. The number of carbonyl (C=O) groups excluding carboxylic acids is 1. The van der Waals surface area contributed by atoms with Gasteiger partial charge in [-0.25, -0.2) is 4.79 Å². The van der Waals surface area contributed by atoms with Crippen molar-refractivity contribution in [1.82, 2.24) is 9.13 Å². The van der Waals surface area contributed by atoms with Crippen LogP contribution in [-0.4, -0.2) is 34.5 Å². The lowest BCUT2D eigenvalue weighted by atomic mass is 10.1. The highest BCUT2D eigenvalue weighted by Crippen LogP contribution is 2.34. The zero-order valence-electron chi connectivity index (χ0n) is 17.4. The Morgan fingerprint density at radius 3 is 2.03 bits per heavy atom. The molecule has 0 aliphatic rings. The molecule has 1 amide bonds. The van der Waals surface area contributed by atoms with Gasteiger partial charge in [0.2, 0.25) is 0 Å². The Kier molecular flexibility index (Phi) is 5.93. The molecule has 0 saturated heterocycles. The van der Waals surface area contributed by atoms with Crippen molar-refractivity contribution in [1.29, 1.82) is 0 Å². The smallest absolute Gasteiger partial charge is 0.328 e. The molecule has 0 bridgehead atoms. The first-order chi connectivity index (χ1) is 13.7. The number of anilines is 1. The maximum absolute atomic E-state index is 13.0. The van der Waals surface area contributed by atoms with Gasteiger partial charge in [0.15, 0.2) is 0 Å². The zero-order chi connectivity index (χ0) is 21.3. The maximum atomic E-state index is 13.0. The minimum absolute atomic E-state index is 0.110. The molecule has 0 radical (unpaired) electrons. The van der Waals surface area contributed by atoms with Crippen LogP contribution in [0.1, 0.15) is 24.2 Å². The number of nitrogens with one attached hydrogen (secondary N) is 1. The van der Waals surface area contributed by atoms with E-state index in [-0.39, 0.29) is 11.6 Å². The molecule has 0 spiro atoms. The van der Waals surface area contributed by atoms with Crippen molar-refractivity contribution in [2.75, 3.05) is 19.5 Å². The van der Waals surface area contributed by atoms with Crippen molar-refractivity contribution >= 4 is 34.4 Å². The van der Waals surface area contributed by atoms with Crippen molar-refractivity contribution in [2.45, 2.75) is 24.0 Å².